The summed E-state index contributed by atoms with van der Waals surface area (Å²) >= 11 is 0. The highest BCUT2D eigenvalue weighted by atomic mass is 16.6. The average molecular weight is 408 g/mol. The third-order valence-corrected chi connectivity index (χ3v) is 3.49. The lowest BCUT2D eigenvalue weighted by Crippen LogP contribution is -2.24. The van der Waals surface area contributed by atoms with Crippen LogP contribution in [0, 0.1) is 22.7 Å². The van der Waals surface area contributed by atoms with Gasteiger partial charge in [0.15, 0.2) is 26.4 Å². The zero-order valence-electron chi connectivity index (χ0n) is 15.7. The quantitative estimate of drug-likeness (QED) is 0.536. The van der Waals surface area contributed by atoms with E-state index in [4.69, 9.17) is 29.5 Å². The van der Waals surface area contributed by atoms with E-state index in [0.29, 0.717) is 0 Å². The molecule has 0 fully saturated rings. The molecule has 2 aromatic carbocycles. The summed E-state index contributed by atoms with van der Waals surface area (Å²) in [6.07, 6.45) is 0. The number of ether oxygens (including phenoxy) is 4. The van der Waals surface area contributed by atoms with Crippen LogP contribution in [-0.4, -0.2) is 44.1 Å². The van der Waals surface area contributed by atoms with Gasteiger partial charge in [-0.15, -0.1) is 0 Å². The van der Waals surface area contributed by atoms with Crippen molar-refractivity contribution in [2.45, 2.75) is 0 Å². The van der Waals surface area contributed by atoms with Gasteiger partial charge in [-0.2, -0.15) is 10.5 Å². The molecule has 0 spiro atoms. The van der Waals surface area contributed by atoms with E-state index >= 15 is 0 Å². The maximum absolute atomic E-state index is 11.7. The topological polar surface area (TPSA) is 136 Å². The zero-order valence-corrected chi connectivity index (χ0v) is 15.7. The molecule has 0 aromatic heterocycles. The number of esters is 2. The van der Waals surface area contributed by atoms with E-state index in [1.165, 1.54) is 24.3 Å². The third kappa shape index (κ3) is 6.98. The van der Waals surface area contributed by atoms with Gasteiger partial charge in [-0.1, -0.05) is 24.3 Å². The van der Waals surface area contributed by atoms with E-state index in [1.807, 2.05) is 12.1 Å². The summed E-state index contributed by atoms with van der Waals surface area (Å²) in [6, 6.07) is 16.5. The van der Waals surface area contributed by atoms with Crippen LogP contribution in [0.5, 0.6) is 11.5 Å². The number of nitrogens with zero attached hydrogens (tertiary/aromatic N) is 2. The molecule has 0 aliphatic heterocycles. The highest BCUT2D eigenvalue weighted by Gasteiger charge is 2.13. The normalized spacial score (nSPS) is 9.53. The second-order valence-corrected chi connectivity index (χ2v) is 5.65. The molecule has 0 aliphatic rings. The van der Waals surface area contributed by atoms with Crippen molar-refractivity contribution in [1.82, 2.24) is 0 Å². The fourth-order valence-electron chi connectivity index (χ4n) is 2.09. The molecular formula is C21H16N2O7. The molecule has 9 nitrogen and oxygen atoms in total. The van der Waals surface area contributed by atoms with Crippen molar-refractivity contribution in [3.63, 3.8) is 0 Å². The Labute approximate surface area is 171 Å². The van der Waals surface area contributed by atoms with Crippen molar-refractivity contribution in [3.8, 4) is 23.6 Å². The molecule has 0 radical (unpaired) electrons. The lowest BCUT2D eigenvalue weighted by molar-refractivity contribution is -0.154. The fraction of sp³-hybridized carbons (Fsp3) is 0.190. The number of hydrogen-bond acceptors (Lipinski definition) is 9. The van der Waals surface area contributed by atoms with Crippen LogP contribution in [0.1, 0.15) is 11.1 Å². The van der Waals surface area contributed by atoms with Crippen LogP contribution in [0.25, 0.3) is 0 Å². The Hall–Kier alpha value is -4.37. The van der Waals surface area contributed by atoms with Crippen LogP contribution in [0.15, 0.2) is 48.5 Å². The summed E-state index contributed by atoms with van der Waals surface area (Å²) < 4.78 is 19.8. The molecule has 2 aromatic rings. The molecule has 0 bridgehead atoms. The van der Waals surface area contributed by atoms with E-state index in [-0.39, 0.29) is 22.6 Å². The van der Waals surface area contributed by atoms with Gasteiger partial charge in [0.1, 0.15) is 23.6 Å². The first-order chi connectivity index (χ1) is 14.5. The summed E-state index contributed by atoms with van der Waals surface area (Å²) in [7, 11) is 0. The van der Waals surface area contributed by atoms with Crippen LogP contribution in [0.2, 0.25) is 0 Å². The number of carbonyl (C=O) groups is 3. The van der Waals surface area contributed by atoms with Crippen LogP contribution in [0.4, 0.5) is 0 Å². The first-order valence-electron chi connectivity index (χ1n) is 8.60. The minimum absolute atomic E-state index is 0.218. The van der Waals surface area contributed by atoms with E-state index in [2.05, 4.69) is 0 Å². The molecule has 0 aliphatic carbocycles. The maximum atomic E-state index is 11.7. The smallest absolute Gasteiger partial charge is 0.344 e. The summed E-state index contributed by atoms with van der Waals surface area (Å²) in [4.78, 5) is 35.0. The van der Waals surface area contributed by atoms with Crippen molar-refractivity contribution in [2.24, 2.45) is 0 Å². The number of nitriles is 2. The minimum atomic E-state index is -0.820. The highest BCUT2D eigenvalue weighted by Crippen LogP contribution is 2.17. The molecule has 0 saturated heterocycles. The molecule has 0 amide bonds. The van der Waals surface area contributed by atoms with Gasteiger partial charge in [-0.3, -0.25) is 4.79 Å². The van der Waals surface area contributed by atoms with Gasteiger partial charge in [0.05, 0.1) is 11.1 Å². The van der Waals surface area contributed by atoms with Gasteiger partial charge in [0.2, 0.25) is 5.78 Å². The van der Waals surface area contributed by atoms with Crippen molar-refractivity contribution < 1.29 is 33.3 Å². The summed E-state index contributed by atoms with van der Waals surface area (Å²) in [5, 5.41) is 17.9. The van der Waals surface area contributed by atoms with Gasteiger partial charge < -0.3 is 18.9 Å². The summed E-state index contributed by atoms with van der Waals surface area (Å²) in [5.41, 5.74) is 0.515. The molecule has 0 N–H and O–H groups in total. The van der Waals surface area contributed by atoms with Crippen molar-refractivity contribution in [2.75, 3.05) is 26.4 Å². The molecule has 2 rings (SSSR count). The largest absolute Gasteiger partial charge is 0.481 e. The van der Waals surface area contributed by atoms with Crippen LogP contribution < -0.4 is 9.47 Å². The second kappa shape index (κ2) is 11.5. The van der Waals surface area contributed by atoms with Crippen molar-refractivity contribution in [3.05, 3.63) is 59.7 Å². The fourth-order valence-corrected chi connectivity index (χ4v) is 2.09. The lowest BCUT2D eigenvalue weighted by atomic mass is 10.2. The Morgan fingerprint density at radius 2 is 1.07 bits per heavy atom. The zero-order chi connectivity index (χ0) is 21.8. The Morgan fingerprint density at radius 3 is 1.47 bits per heavy atom. The third-order valence-electron chi connectivity index (χ3n) is 3.49. The summed E-state index contributed by atoms with van der Waals surface area (Å²) in [5.74, 6) is -1.85. The number of hydrogen-bond donors (Lipinski definition) is 0. The van der Waals surface area contributed by atoms with E-state index in [0.717, 1.165) is 0 Å². The Bertz CT molecular complexity index is 925. The monoisotopic (exact) mass is 408 g/mol. The predicted molar refractivity (Wildman–Crippen MR) is 100 cm³/mol. The standard InChI is InChI=1S/C21H16N2O7/c22-9-15-5-1-3-7-18(15)27-13-20(25)29-11-17(24)12-30-21(26)14-28-19-8-4-2-6-16(19)10-23/h1-8H,11-14H2. The second-order valence-electron chi connectivity index (χ2n) is 5.65. The molecule has 152 valence electrons. The van der Waals surface area contributed by atoms with Gasteiger partial charge in [0, 0.05) is 0 Å². The molecule has 30 heavy (non-hydrogen) atoms. The lowest BCUT2D eigenvalue weighted by Gasteiger charge is -2.09. The SMILES string of the molecule is N#Cc1ccccc1OCC(=O)OCC(=O)COC(=O)COc1ccccc1C#N. The highest BCUT2D eigenvalue weighted by molar-refractivity contribution is 5.85. The van der Waals surface area contributed by atoms with E-state index < -0.39 is 44.1 Å². The van der Waals surface area contributed by atoms with Crippen LogP contribution >= 0.6 is 0 Å². The Kier molecular flexibility index (Phi) is 8.38. The molecule has 0 unspecified atom stereocenters. The number of para-hydroxylation sites is 2. The van der Waals surface area contributed by atoms with E-state index in [9.17, 15) is 14.4 Å². The molecular weight excluding hydrogens is 392 g/mol. The number of ketones is 1. The number of carbonyl (C=O) groups excluding carboxylic acids is 3. The number of benzene rings is 2. The molecule has 0 saturated carbocycles. The van der Waals surface area contributed by atoms with Gasteiger partial charge in [-0.25, -0.2) is 9.59 Å². The Morgan fingerprint density at radius 1 is 0.667 bits per heavy atom. The summed E-state index contributed by atoms with van der Waals surface area (Å²) in [6.45, 7) is -2.18. The minimum Gasteiger partial charge on any atom is -0.481 e. The van der Waals surface area contributed by atoms with Crippen LogP contribution in [0.3, 0.4) is 0 Å². The van der Waals surface area contributed by atoms with Crippen molar-refractivity contribution >= 4 is 17.7 Å². The van der Waals surface area contributed by atoms with Gasteiger partial charge in [-0.05, 0) is 24.3 Å². The van der Waals surface area contributed by atoms with Gasteiger partial charge in [0.25, 0.3) is 0 Å². The molecule has 0 heterocycles. The van der Waals surface area contributed by atoms with Crippen LogP contribution in [-0.2, 0) is 23.9 Å². The number of Topliss-reactive ketones (excluding diaryl/α,β-unsaturated/α-hetero) is 1. The number of rotatable bonds is 10. The first kappa shape index (κ1) is 21.9. The van der Waals surface area contributed by atoms with Crippen molar-refractivity contribution in [1.29, 1.82) is 10.5 Å². The predicted octanol–water partition coefficient (Wildman–Crippen LogP) is 1.54. The first-order valence-corrected chi connectivity index (χ1v) is 8.60. The molecule has 0 atom stereocenters. The average Bonchev–Trinajstić information content (AvgIpc) is 2.78. The molecule has 9 heteroatoms. The maximum Gasteiger partial charge on any atom is 0.344 e. The van der Waals surface area contributed by atoms with Gasteiger partial charge >= 0.3 is 11.9 Å². The Balaban J connectivity index is 1.65. The van der Waals surface area contributed by atoms with E-state index in [1.54, 1.807) is 24.3 Å².